The van der Waals surface area contributed by atoms with Gasteiger partial charge in [0.1, 0.15) is 5.82 Å². The fraction of sp³-hybridized carbons (Fsp3) is 0.364. The molecule has 4 heteroatoms. The van der Waals surface area contributed by atoms with Crippen LogP contribution in [0.5, 0.6) is 0 Å². The first-order chi connectivity index (χ1) is 7.03. The number of aliphatic hydroxyl groups excluding tert-OH is 1. The molecule has 0 aliphatic rings. The van der Waals surface area contributed by atoms with Gasteiger partial charge in [-0.05, 0) is 25.5 Å². The summed E-state index contributed by atoms with van der Waals surface area (Å²) in [5.74, 6) is -0.429. The van der Waals surface area contributed by atoms with Crippen LogP contribution in [0.15, 0.2) is 22.7 Å². The molecule has 0 saturated heterocycles. The minimum atomic E-state index is -0.973. The quantitative estimate of drug-likeness (QED) is 0.919. The lowest BCUT2D eigenvalue weighted by atomic mass is 9.81. The van der Waals surface area contributed by atoms with E-state index >= 15 is 0 Å². The van der Waals surface area contributed by atoms with Gasteiger partial charge >= 0.3 is 0 Å². The lowest BCUT2D eigenvalue weighted by molar-refractivity contribution is 0.262. The van der Waals surface area contributed by atoms with Crippen molar-refractivity contribution in [2.24, 2.45) is 0 Å². The van der Waals surface area contributed by atoms with E-state index in [1.807, 2.05) is 6.07 Å². The lowest BCUT2D eigenvalue weighted by Crippen LogP contribution is -2.22. The lowest BCUT2D eigenvalue weighted by Gasteiger charge is -2.21. The van der Waals surface area contributed by atoms with E-state index in [1.165, 1.54) is 6.07 Å². The highest BCUT2D eigenvalue weighted by molar-refractivity contribution is 9.10. The van der Waals surface area contributed by atoms with Crippen LogP contribution in [0.25, 0.3) is 0 Å². The van der Waals surface area contributed by atoms with Crippen molar-refractivity contribution in [1.82, 2.24) is 0 Å². The molecule has 0 aliphatic heterocycles. The fourth-order valence-corrected chi connectivity index (χ4v) is 1.74. The van der Waals surface area contributed by atoms with Crippen molar-refractivity contribution in [2.75, 3.05) is 6.61 Å². The molecule has 1 aromatic carbocycles. The maximum absolute atomic E-state index is 13.6. The van der Waals surface area contributed by atoms with Crippen LogP contribution in [0, 0.1) is 17.1 Å². The van der Waals surface area contributed by atoms with Crippen LogP contribution in [0.4, 0.5) is 4.39 Å². The molecule has 0 aromatic heterocycles. The van der Waals surface area contributed by atoms with Crippen molar-refractivity contribution in [3.8, 4) is 6.07 Å². The van der Waals surface area contributed by atoms with Gasteiger partial charge in [0.05, 0.1) is 11.5 Å². The van der Waals surface area contributed by atoms with Crippen LogP contribution in [-0.4, -0.2) is 11.7 Å². The highest BCUT2D eigenvalue weighted by Crippen LogP contribution is 2.30. The van der Waals surface area contributed by atoms with Crippen molar-refractivity contribution in [3.05, 3.63) is 34.1 Å². The molecule has 1 aromatic rings. The van der Waals surface area contributed by atoms with Crippen LogP contribution in [-0.2, 0) is 5.41 Å². The number of halogens is 2. The van der Waals surface area contributed by atoms with E-state index < -0.39 is 11.2 Å². The van der Waals surface area contributed by atoms with Crippen LogP contribution < -0.4 is 0 Å². The van der Waals surface area contributed by atoms with Crippen LogP contribution >= 0.6 is 15.9 Å². The van der Waals surface area contributed by atoms with E-state index in [9.17, 15) is 4.39 Å². The summed E-state index contributed by atoms with van der Waals surface area (Å²) < 4.78 is 14.2. The van der Waals surface area contributed by atoms with Crippen molar-refractivity contribution in [3.63, 3.8) is 0 Å². The molecule has 2 nitrogen and oxygen atoms in total. The zero-order valence-corrected chi connectivity index (χ0v) is 9.88. The molecule has 1 rings (SSSR count). The Morgan fingerprint density at radius 1 is 1.60 bits per heavy atom. The largest absolute Gasteiger partial charge is 0.396 e. The molecule has 0 fully saturated rings. The first-order valence-corrected chi connectivity index (χ1v) is 5.30. The third-order valence-electron chi connectivity index (χ3n) is 2.38. The van der Waals surface area contributed by atoms with E-state index in [4.69, 9.17) is 10.4 Å². The first-order valence-electron chi connectivity index (χ1n) is 4.51. The second kappa shape index (κ2) is 4.73. The Bertz CT molecular complexity index is 402. The Hall–Kier alpha value is -0.920. The Balaban J connectivity index is 3.19. The van der Waals surface area contributed by atoms with E-state index in [2.05, 4.69) is 15.9 Å². The van der Waals surface area contributed by atoms with Crippen molar-refractivity contribution < 1.29 is 9.50 Å². The zero-order valence-electron chi connectivity index (χ0n) is 8.30. The Morgan fingerprint density at radius 3 is 2.73 bits per heavy atom. The molecule has 1 unspecified atom stereocenters. The molecule has 0 aliphatic carbocycles. The summed E-state index contributed by atoms with van der Waals surface area (Å²) in [4.78, 5) is 0. The molecule has 1 N–H and O–H groups in total. The standard InChI is InChI=1S/C11H11BrFNO/c1-11(7-14,4-5-15)9-3-2-8(12)6-10(9)13/h2-3,6,15H,4-5H2,1H3. The summed E-state index contributed by atoms with van der Waals surface area (Å²) in [6.45, 7) is 1.48. The Kier molecular flexibility index (Phi) is 3.83. The highest BCUT2D eigenvalue weighted by atomic mass is 79.9. The van der Waals surface area contributed by atoms with E-state index in [-0.39, 0.29) is 13.0 Å². The van der Waals surface area contributed by atoms with E-state index in [0.717, 1.165) is 0 Å². The topological polar surface area (TPSA) is 44.0 Å². The summed E-state index contributed by atoms with van der Waals surface area (Å²) in [6, 6.07) is 6.62. The average Bonchev–Trinajstić information content (AvgIpc) is 2.17. The maximum atomic E-state index is 13.6. The molecule has 1 atom stereocenters. The Morgan fingerprint density at radius 2 is 2.27 bits per heavy atom. The van der Waals surface area contributed by atoms with Gasteiger partial charge in [0.15, 0.2) is 0 Å². The SMILES string of the molecule is CC(C#N)(CCO)c1ccc(Br)cc1F. The number of aliphatic hydroxyl groups is 1. The van der Waals surface area contributed by atoms with E-state index in [1.54, 1.807) is 19.1 Å². The normalized spacial score (nSPS) is 14.3. The molecule has 15 heavy (non-hydrogen) atoms. The van der Waals surface area contributed by atoms with Gasteiger partial charge in [-0.2, -0.15) is 5.26 Å². The van der Waals surface area contributed by atoms with Gasteiger partial charge in [0.2, 0.25) is 0 Å². The summed E-state index contributed by atoms with van der Waals surface area (Å²) in [6.07, 6.45) is 0.224. The van der Waals surface area contributed by atoms with Gasteiger partial charge in [-0.25, -0.2) is 4.39 Å². The predicted molar refractivity (Wildman–Crippen MR) is 58.8 cm³/mol. The smallest absolute Gasteiger partial charge is 0.129 e. The molecule has 80 valence electrons. The van der Waals surface area contributed by atoms with Gasteiger partial charge in [-0.3, -0.25) is 0 Å². The van der Waals surface area contributed by atoms with Gasteiger partial charge in [-0.15, -0.1) is 0 Å². The predicted octanol–water partition coefficient (Wildman–Crippen LogP) is 2.75. The van der Waals surface area contributed by atoms with Gasteiger partial charge in [0, 0.05) is 16.6 Å². The number of nitrogens with zero attached hydrogens (tertiary/aromatic N) is 1. The van der Waals surface area contributed by atoms with Crippen molar-refractivity contribution in [2.45, 2.75) is 18.8 Å². The Labute approximate surface area is 96.5 Å². The summed E-state index contributed by atoms with van der Waals surface area (Å²) in [5.41, 5.74) is -0.651. The monoisotopic (exact) mass is 271 g/mol. The molecule has 0 spiro atoms. The molecule has 0 amide bonds. The number of nitriles is 1. The number of rotatable bonds is 3. The molecule has 0 saturated carbocycles. The molecule has 0 radical (unpaired) electrons. The molecule has 0 heterocycles. The fourth-order valence-electron chi connectivity index (χ4n) is 1.41. The summed E-state index contributed by atoms with van der Waals surface area (Å²) in [5, 5.41) is 17.9. The molecular weight excluding hydrogens is 261 g/mol. The second-order valence-electron chi connectivity index (χ2n) is 3.54. The van der Waals surface area contributed by atoms with Gasteiger partial charge in [0.25, 0.3) is 0 Å². The van der Waals surface area contributed by atoms with Crippen molar-refractivity contribution in [1.29, 1.82) is 5.26 Å². The highest BCUT2D eigenvalue weighted by Gasteiger charge is 2.28. The van der Waals surface area contributed by atoms with Crippen LogP contribution in [0.3, 0.4) is 0 Å². The average molecular weight is 272 g/mol. The van der Waals surface area contributed by atoms with Gasteiger partial charge < -0.3 is 5.11 Å². The summed E-state index contributed by atoms with van der Waals surface area (Å²) >= 11 is 3.15. The minimum Gasteiger partial charge on any atom is -0.396 e. The summed E-state index contributed by atoms with van der Waals surface area (Å²) in [7, 11) is 0. The number of benzene rings is 1. The number of hydrogen-bond donors (Lipinski definition) is 1. The second-order valence-corrected chi connectivity index (χ2v) is 4.46. The van der Waals surface area contributed by atoms with Crippen LogP contribution in [0.2, 0.25) is 0 Å². The number of hydrogen-bond acceptors (Lipinski definition) is 2. The van der Waals surface area contributed by atoms with Crippen LogP contribution in [0.1, 0.15) is 18.9 Å². The first kappa shape index (κ1) is 12.2. The van der Waals surface area contributed by atoms with Crippen molar-refractivity contribution >= 4 is 15.9 Å². The third kappa shape index (κ3) is 2.55. The van der Waals surface area contributed by atoms with E-state index in [0.29, 0.717) is 10.0 Å². The zero-order chi connectivity index (χ0) is 11.5. The van der Waals surface area contributed by atoms with Gasteiger partial charge in [-0.1, -0.05) is 22.0 Å². The molecule has 0 bridgehead atoms. The minimum absolute atomic E-state index is 0.139. The third-order valence-corrected chi connectivity index (χ3v) is 2.88. The maximum Gasteiger partial charge on any atom is 0.129 e. The molecular formula is C11H11BrFNO.